The third-order valence-corrected chi connectivity index (χ3v) is 7.77. The van der Waals surface area contributed by atoms with Crippen LogP contribution in [0.25, 0.3) is 10.9 Å². The van der Waals surface area contributed by atoms with Crippen LogP contribution in [0, 0.1) is 30.1 Å². The highest BCUT2D eigenvalue weighted by Crippen LogP contribution is 2.38. The van der Waals surface area contributed by atoms with Gasteiger partial charge in [0.15, 0.2) is 5.78 Å². The van der Waals surface area contributed by atoms with E-state index in [4.69, 9.17) is 4.74 Å². The first-order valence-electron chi connectivity index (χ1n) is 12.9. The molecule has 2 aliphatic rings. The first-order valence-corrected chi connectivity index (χ1v) is 12.9. The molecule has 7 heteroatoms. The number of methoxy groups -OCH3 is 1. The number of aromatic nitrogens is 1. The van der Waals surface area contributed by atoms with Gasteiger partial charge in [-0.15, -0.1) is 0 Å². The number of nitrogens with zero attached hydrogens (tertiary/aromatic N) is 1. The summed E-state index contributed by atoms with van der Waals surface area (Å²) in [6.07, 6.45) is 3.38. The van der Waals surface area contributed by atoms with Gasteiger partial charge in [-0.3, -0.25) is 14.4 Å². The quantitative estimate of drug-likeness (QED) is 0.392. The van der Waals surface area contributed by atoms with Gasteiger partial charge in [-0.1, -0.05) is 37.1 Å². The second-order valence-corrected chi connectivity index (χ2v) is 10.4. The predicted octanol–water partition coefficient (Wildman–Crippen LogP) is 4.78. The molecule has 1 amide bonds. The highest BCUT2D eigenvalue weighted by Gasteiger charge is 2.36. The van der Waals surface area contributed by atoms with E-state index in [1.54, 1.807) is 13.2 Å². The van der Waals surface area contributed by atoms with Gasteiger partial charge in [0.05, 0.1) is 18.9 Å². The van der Waals surface area contributed by atoms with Crippen LogP contribution >= 0.6 is 0 Å². The second kappa shape index (κ2) is 10.2. The number of hydrogen-bond donors (Lipinski definition) is 2. The second-order valence-electron chi connectivity index (χ2n) is 10.4. The van der Waals surface area contributed by atoms with E-state index >= 15 is 0 Å². The van der Waals surface area contributed by atoms with E-state index < -0.39 is 17.9 Å². The number of ether oxygens (including phenoxy) is 1. The molecule has 190 valence electrons. The fraction of sp³-hybridized carbons (Fsp3) is 0.400. The van der Waals surface area contributed by atoms with Gasteiger partial charge in [-0.2, -0.15) is 5.26 Å². The number of aromatic amines is 1. The van der Waals surface area contributed by atoms with Gasteiger partial charge < -0.3 is 15.0 Å². The summed E-state index contributed by atoms with van der Waals surface area (Å²) in [4.78, 5) is 42.5. The molecule has 2 aliphatic carbocycles. The first kappa shape index (κ1) is 24.8. The Morgan fingerprint density at radius 2 is 1.97 bits per heavy atom. The summed E-state index contributed by atoms with van der Waals surface area (Å²) in [5.74, 6) is -0.188. The number of nitrogens with one attached hydrogen (secondary N) is 2. The van der Waals surface area contributed by atoms with Gasteiger partial charge in [0.2, 0.25) is 5.91 Å². The van der Waals surface area contributed by atoms with Crippen molar-refractivity contribution >= 4 is 28.4 Å². The van der Waals surface area contributed by atoms with E-state index in [0.717, 1.165) is 40.4 Å². The predicted molar refractivity (Wildman–Crippen MR) is 139 cm³/mol. The molecule has 1 heterocycles. The Balaban J connectivity index is 1.29. The zero-order valence-corrected chi connectivity index (χ0v) is 21.2. The van der Waals surface area contributed by atoms with Crippen molar-refractivity contribution in [2.75, 3.05) is 7.11 Å². The molecule has 0 radical (unpaired) electrons. The minimum Gasteiger partial charge on any atom is -0.496 e. The third kappa shape index (κ3) is 5.15. The smallest absolute Gasteiger partial charge is 0.224 e. The van der Waals surface area contributed by atoms with Gasteiger partial charge in [0.25, 0.3) is 0 Å². The van der Waals surface area contributed by atoms with Gasteiger partial charge in [-0.05, 0) is 60.6 Å². The highest BCUT2D eigenvalue weighted by atomic mass is 16.5. The number of carbonyl (C=O) groups is 3. The number of Topliss-reactive ketones (excluding diaryl/α,β-unsaturated/α-hetero) is 2. The van der Waals surface area contributed by atoms with Crippen LogP contribution in [0.1, 0.15) is 65.2 Å². The van der Waals surface area contributed by atoms with Crippen molar-refractivity contribution in [3.8, 4) is 11.8 Å². The molecule has 0 bridgehead atoms. The number of H-pyrrole nitrogens is 1. The number of ketones is 2. The van der Waals surface area contributed by atoms with Crippen LogP contribution in [-0.4, -0.2) is 35.6 Å². The molecule has 0 saturated heterocycles. The largest absolute Gasteiger partial charge is 0.496 e. The third-order valence-electron chi connectivity index (χ3n) is 7.77. The number of amides is 1. The minimum absolute atomic E-state index is 0.0556. The van der Waals surface area contributed by atoms with E-state index in [0.29, 0.717) is 30.2 Å². The van der Waals surface area contributed by atoms with Crippen LogP contribution in [-0.2, 0) is 16.0 Å². The number of benzene rings is 2. The van der Waals surface area contributed by atoms with Crippen LogP contribution < -0.4 is 10.1 Å². The molecular formula is C30H31N3O4. The molecule has 3 aromatic rings. The number of aryl methyl sites for hydroxylation is 1. The number of fused-ring (bicyclic) bond motifs is 2. The zero-order valence-electron chi connectivity index (χ0n) is 21.2. The van der Waals surface area contributed by atoms with Crippen molar-refractivity contribution in [1.29, 1.82) is 5.26 Å². The van der Waals surface area contributed by atoms with Crippen molar-refractivity contribution < 1.29 is 19.1 Å². The molecule has 1 saturated carbocycles. The lowest BCUT2D eigenvalue weighted by molar-refractivity contribution is -0.126. The van der Waals surface area contributed by atoms with E-state index in [9.17, 15) is 19.6 Å². The Morgan fingerprint density at radius 3 is 2.70 bits per heavy atom. The molecule has 0 aliphatic heterocycles. The van der Waals surface area contributed by atoms with Crippen LogP contribution in [0.2, 0.25) is 0 Å². The van der Waals surface area contributed by atoms with Crippen molar-refractivity contribution in [2.45, 2.75) is 57.4 Å². The summed E-state index contributed by atoms with van der Waals surface area (Å²) >= 11 is 0. The summed E-state index contributed by atoms with van der Waals surface area (Å²) in [6, 6.07) is 14.6. The van der Waals surface area contributed by atoms with Crippen molar-refractivity contribution in [3.63, 3.8) is 0 Å². The van der Waals surface area contributed by atoms with Gasteiger partial charge in [0.1, 0.15) is 17.6 Å². The maximum absolute atomic E-state index is 13.3. The summed E-state index contributed by atoms with van der Waals surface area (Å²) in [7, 11) is 1.59. The number of hydrogen-bond acceptors (Lipinski definition) is 5. The summed E-state index contributed by atoms with van der Waals surface area (Å²) in [5, 5.41) is 13.5. The molecule has 1 fully saturated rings. The van der Waals surface area contributed by atoms with Crippen LogP contribution in [0.4, 0.5) is 0 Å². The average molecular weight is 498 g/mol. The van der Waals surface area contributed by atoms with Crippen LogP contribution in [0.15, 0.2) is 42.5 Å². The Kier molecular flexibility index (Phi) is 6.84. The topological polar surface area (TPSA) is 112 Å². The molecular weight excluding hydrogens is 466 g/mol. The van der Waals surface area contributed by atoms with Crippen LogP contribution in [0.5, 0.6) is 5.75 Å². The minimum atomic E-state index is -0.804. The fourth-order valence-electron chi connectivity index (χ4n) is 5.52. The van der Waals surface area contributed by atoms with Crippen LogP contribution in [0.3, 0.4) is 0 Å². The molecule has 2 aromatic carbocycles. The molecule has 7 nitrogen and oxygen atoms in total. The summed E-state index contributed by atoms with van der Waals surface area (Å²) in [5.41, 5.74) is 4.30. The number of rotatable bonds is 10. The van der Waals surface area contributed by atoms with E-state index in [-0.39, 0.29) is 30.3 Å². The maximum Gasteiger partial charge on any atom is 0.224 e. The highest BCUT2D eigenvalue weighted by molar-refractivity contribution is 6.02. The SMILES string of the molecule is COc1cccc2[nH]c(C(=O)C[C@@H](CC3CC3)C(=O)N[C@H](C#N)C[C@H]3C(=O)Cc4c(C)cccc43)cc12. The molecule has 1 aromatic heterocycles. The van der Waals surface area contributed by atoms with E-state index in [1.807, 2.05) is 43.3 Å². The summed E-state index contributed by atoms with van der Waals surface area (Å²) < 4.78 is 5.40. The lowest BCUT2D eigenvalue weighted by Gasteiger charge is -2.20. The molecule has 5 rings (SSSR count). The lowest BCUT2D eigenvalue weighted by atomic mass is 9.91. The standard InChI is InChI=1S/C30H31N3O4/c1-17-5-3-6-21-22(17)15-27(34)23(21)13-20(16-31)32-30(36)19(11-18-9-10-18)12-28(35)26-14-24-25(33-26)7-4-8-29(24)37-2/h3-8,14,18-20,23,33H,9-13,15H2,1-2H3,(H,32,36)/t19-,20+,23-/m1/s1. The van der Waals surface area contributed by atoms with Gasteiger partial charge >= 0.3 is 0 Å². The average Bonchev–Trinajstić information content (AvgIpc) is 3.50. The Hall–Kier alpha value is -3.92. The monoisotopic (exact) mass is 497 g/mol. The van der Waals surface area contributed by atoms with E-state index in [1.165, 1.54) is 0 Å². The Bertz CT molecular complexity index is 1410. The lowest BCUT2D eigenvalue weighted by Crippen LogP contribution is -2.40. The molecule has 0 spiro atoms. The molecule has 37 heavy (non-hydrogen) atoms. The van der Waals surface area contributed by atoms with Gasteiger partial charge in [0, 0.05) is 35.6 Å². The zero-order chi connectivity index (χ0) is 26.1. The van der Waals surface area contributed by atoms with Gasteiger partial charge in [-0.25, -0.2) is 0 Å². The Labute approximate surface area is 216 Å². The normalized spacial score (nSPS) is 18.2. The molecule has 3 atom stereocenters. The van der Waals surface area contributed by atoms with Crippen molar-refractivity contribution in [2.24, 2.45) is 11.8 Å². The first-order chi connectivity index (χ1) is 17.9. The number of carbonyl (C=O) groups excluding carboxylic acids is 3. The maximum atomic E-state index is 13.3. The summed E-state index contributed by atoms with van der Waals surface area (Å²) in [6.45, 7) is 1.99. The van der Waals surface area contributed by atoms with Crippen molar-refractivity contribution in [3.05, 3.63) is 64.8 Å². The fourth-order valence-corrected chi connectivity index (χ4v) is 5.52. The number of nitriles is 1. The van der Waals surface area contributed by atoms with E-state index in [2.05, 4.69) is 16.4 Å². The Morgan fingerprint density at radius 1 is 1.19 bits per heavy atom. The molecule has 2 N–H and O–H groups in total. The molecule has 0 unspecified atom stereocenters. The van der Waals surface area contributed by atoms with Crippen molar-refractivity contribution in [1.82, 2.24) is 10.3 Å².